The molecule has 0 spiro atoms. The van der Waals surface area contributed by atoms with Crippen LogP contribution in [0.5, 0.6) is 0 Å². The average molecular weight is 199 g/mol. The van der Waals surface area contributed by atoms with E-state index in [-0.39, 0.29) is 6.35 Å². The summed E-state index contributed by atoms with van der Waals surface area (Å²) in [6.07, 6.45) is 6.38. The Balaban J connectivity index is 1.83. The van der Waals surface area contributed by atoms with E-state index in [9.17, 15) is 0 Å². The Morgan fingerprint density at radius 1 is 1.00 bits per heavy atom. The van der Waals surface area contributed by atoms with Crippen LogP contribution in [-0.4, -0.2) is 37.6 Å². The molecule has 2 saturated heterocycles. The minimum absolute atomic E-state index is 0.0931. The first-order chi connectivity index (χ1) is 6.97. The molecule has 2 rings (SSSR count). The second-order valence-electron chi connectivity index (χ2n) is 4.05. The Morgan fingerprint density at radius 2 is 1.93 bits per heavy atom. The molecule has 0 aromatic rings. The van der Waals surface area contributed by atoms with Crippen molar-refractivity contribution in [3.05, 3.63) is 0 Å². The van der Waals surface area contributed by atoms with Crippen LogP contribution in [-0.2, 0) is 4.74 Å². The van der Waals surface area contributed by atoms with Gasteiger partial charge in [-0.3, -0.25) is 10.7 Å². The molecular weight excluding hydrogens is 178 g/mol. The van der Waals surface area contributed by atoms with Crippen molar-refractivity contribution in [1.82, 2.24) is 15.8 Å². The highest BCUT2D eigenvalue weighted by Gasteiger charge is 2.20. The van der Waals surface area contributed by atoms with Crippen molar-refractivity contribution in [3.8, 4) is 0 Å². The third-order valence-corrected chi connectivity index (χ3v) is 2.84. The minimum Gasteiger partial charge on any atom is -0.349 e. The lowest BCUT2D eigenvalue weighted by molar-refractivity contribution is -0.0939. The first-order valence-corrected chi connectivity index (χ1v) is 5.82. The van der Waals surface area contributed by atoms with E-state index in [0.29, 0.717) is 0 Å². The SMILES string of the molecule is C1CCNN(C2NCCCCO2)CC1. The van der Waals surface area contributed by atoms with E-state index >= 15 is 0 Å². The summed E-state index contributed by atoms with van der Waals surface area (Å²) in [7, 11) is 0. The van der Waals surface area contributed by atoms with E-state index in [1.807, 2.05) is 0 Å². The van der Waals surface area contributed by atoms with Crippen molar-refractivity contribution in [2.75, 3.05) is 26.2 Å². The van der Waals surface area contributed by atoms with Crippen LogP contribution >= 0.6 is 0 Å². The summed E-state index contributed by atoms with van der Waals surface area (Å²) < 4.78 is 5.75. The molecule has 14 heavy (non-hydrogen) atoms. The predicted octanol–water partition coefficient (Wildman–Crippen LogP) is 0.660. The van der Waals surface area contributed by atoms with Gasteiger partial charge in [0.05, 0.1) is 6.61 Å². The highest BCUT2D eigenvalue weighted by molar-refractivity contribution is 4.65. The van der Waals surface area contributed by atoms with Crippen molar-refractivity contribution in [2.45, 2.75) is 38.5 Å². The molecule has 4 heteroatoms. The topological polar surface area (TPSA) is 36.5 Å². The molecule has 2 aliphatic rings. The third-order valence-electron chi connectivity index (χ3n) is 2.84. The number of hydrazine groups is 1. The fourth-order valence-electron chi connectivity index (χ4n) is 1.99. The van der Waals surface area contributed by atoms with Gasteiger partial charge in [0, 0.05) is 13.1 Å². The van der Waals surface area contributed by atoms with Crippen LogP contribution in [0.25, 0.3) is 0 Å². The zero-order chi connectivity index (χ0) is 9.64. The van der Waals surface area contributed by atoms with Crippen LogP contribution in [0.4, 0.5) is 0 Å². The monoisotopic (exact) mass is 199 g/mol. The van der Waals surface area contributed by atoms with Gasteiger partial charge in [-0.25, -0.2) is 5.01 Å². The fourth-order valence-corrected chi connectivity index (χ4v) is 1.99. The minimum atomic E-state index is 0.0931. The molecule has 2 aliphatic heterocycles. The molecule has 0 saturated carbocycles. The highest BCUT2D eigenvalue weighted by atomic mass is 16.5. The smallest absolute Gasteiger partial charge is 0.178 e. The summed E-state index contributed by atoms with van der Waals surface area (Å²) in [6, 6.07) is 0. The van der Waals surface area contributed by atoms with E-state index in [4.69, 9.17) is 4.74 Å². The molecule has 4 nitrogen and oxygen atoms in total. The highest BCUT2D eigenvalue weighted by Crippen LogP contribution is 2.08. The van der Waals surface area contributed by atoms with Gasteiger partial charge in [-0.05, 0) is 32.2 Å². The standard InChI is InChI=1S/C10H21N3O/c1-2-7-12-13(8-4-1)10-11-6-3-5-9-14-10/h10-12H,1-9H2. The van der Waals surface area contributed by atoms with Crippen LogP contribution in [0, 0.1) is 0 Å². The summed E-state index contributed by atoms with van der Waals surface area (Å²) in [4.78, 5) is 0. The van der Waals surface area contributed by atoms with Crippen molar-refractivity contribution >= 4 is 0 Å². The zero-order valence-electron chi connectivity index (χ0n) is 8.80. The maximum Gasteiger partial charge on any atom is 0.178 e. The van der Waals surface area contributed by atoms with Crippen LogP contribution in [0.3, 0.4) is 0 Å². The molecule has 0 radical (unpaired) electrons. The normalized spacial score (nSPS) is 32.1. The van der Waals surface area contributed by atoms with Gasteiger partial charge in [-0.1, -0.05) is 6.42 Å². The van der Waals surface area contributed by atoms with Crippen molar-refractivity contribution in [1.29, 1.82) is 0 Å². The van der Waals surface area contributed by atoms with Crippen molar-refractivity contribution in [3.63, 3.8) is 0 Å². The number of nitrogens with one attached hydrogen (secondary N) is 2. The summed E-state index contributed by atoms with van der Waals surface area (Å²) in [5.74, 6) is 0. The maximum absolute atomic E-state index is 5.75. The van der Waals surface area contributed by atoms with E-state index in [1.54, 1.807) is 0 Å². The van der Waals surface area contributed by atoms with Crippen LogP contribution < -0.4 is 10.7 Å². The molecule has 0 aromatic carbocycles. The number of ether oxygens (including phenoxy) is 1. The second-order valence-corrected chi connectivity index (χ2v) is 4.05. The van der Waals surface area contributed by atoms with E-state index in [2.05, 4.69) is 15.8 Å². The van der Waals surface area contributed by atoms with Crippen LogP contribution in [0.15, 0.2) is 0 Å². The zero-order valence-corrected chi connectivity index (χ0v) is 8.80. The van der Waals surface area contributed by atoms with E-state index in [1.165, 1.54) is 32.1 Å². The number of hydrogen-bond donors (Lipinski definition) is 2. The van der Waals surface area contributed by atoms with Gasteiger partial charge in [-0.2, -0.15) is 0 Å². The molecule has 2 heterocycles. The Hall–Kier alpha value is -0.160. The Labute approximate surface area is 86.0 Å². The van der Waals surface area contributed by atoms with Crippen LogP contribution in [0.2, 0.25) is 0 Å². The van der Waals surface area contributed by atoms with Gasteiger partial charge < -0.3 is 4.74 Å². The van der Waals surface area contributed by atoms with Gasteiger partial charge in [0.15, 0.2) is 6.35 Å². The average Bonchev–Trinajstić information content (AvgIpc) is 2.62. The summed E-state index contributed by atoms with van der Waals surface area (Å²) in [6.45, 7) is 4.14. The molecule has 2 N–H and O–H groups in total. The molecule has 2 fully saturated rings. The maximum atomic E-state index is 5.75. The van der Waals surface area contributed by atoms with Crippen molar-refractivity contribution in [2.24, 2.45) is 0 Å². The molecule has 0 amide bonds. The molecule has 1 unspecified atom stereocenters. The third kappa shape index (κ3) is 2.92. The first kappa shape index (κ1) is 10.4. The predicted molar refractivity (Wildman–Crippen MR) is 55.5 cm³/mol. The lowest BCUT2D eigenvalue weighted by Gasteiger charge is -2.29. The Morgan fingerprint density at radius 3 is 2.93 bits per heavy atom. The van der Waals surface area contributed by atoms with Gasteiger partial charge in [-0.15, -0.1) is 0 Å². The molecule has 0 bridgehead atoms. The number of nitrogens with zero attached hydrogens (tertiary/aromatic N) is 1. The Bertz CT molecular complexity index is 131. The largest absolute Gasteiger partial charge is 0.349 e. The lowest BCUT2D eigenvalue weighted by atomic mass is 10.2. The van der Waals surface area contributed by atoms with Crippen molar-refractivity contribution < 1.29 is 4.74 Å². The summed E-state index contributed by atoms with van der Waals surface area (Å²) in [5, 5.41) is 5.64. The number of hydrogen-bond acceptors (Lipinski definition) is 4. The summed E-state index contributed by atoms with van der Waals surface area (Å²) in [5.41, 5.74) is 3.42. The van der Waals surface area contributed by atoms with E-state index < -0.39 is 0 Å². The van der Waals surface area contributed by atoms with Gasteiger partial charge in [0.25, 0.3) is 0 Å². The van der Waals surface area contributed by atoms with E-state index in [0.717, 1.165) is 26.2 Å². The fraction of sp³-hybridized carbons (Fsp3) is 1.00. The quantitative estimate of drug-likeness (QED) is 0.650. The van der Waals surface area contributed by atoms with Crippen LogP contribution in [0.1, 0.15) is 32.1 Å². The molecule has 1 atom stereocenters. The summed E-state index contributed by atoms with van der Waals surface area (Å²) >= 11 is 0. The lowest BCUT2D eigenvalue weighted by Crippen LogP contribution is -2.53. The molecule has 0 aliphatic carbocycles. The van der Waals surface area contributed by atoms with Gasteiger partial charge in [0.2, 0.25) is 0 Å². The molecule has 0 aromatic heterocycles. The Kier molecular flexibility index (Phi) is 4.19. The number of rotatable bonds is 1. The first-order valence-electron chi connectivity index (χ1n) is 5.82. The molecule has 82 valence electrons. The van der Waals surface area contributed by atoms with Gasteiger partial charge in [0.1, 0.15) is 0 Å². The van der Waals surface area contributed by atoms with Gasteiger partial charge >= 0.3 is 0 Å². The second kappa shape index (κ2) is 5.66. The molecular formula is C10H21N3O.